The molecule has 5 nitrogen and oxygen atoms in total. The zero-order valence-corrected chi connectivity index (χ0v) is 12.7. The second-order valence-corrected chi connectivity index (χ2v) is 6.10. The first-order valence-electron chi connectivity index (χ1n) is 5.79. The van der Waals surface area contributed by atoms with Crippen LogP contribution in [0.15, 0.2) is 23.1 Å². The molecule has 108 valence electrons. The summed E-state index contributed by atoms with van der Waals surface area (Å²) in [4.78, 5) is 0.0250. The normalized spacial score (nSPS) is 13.3. The zero-order chi connectivity index (χ0) is 14.5. The van der Waals surface area contributed by atoms with Crippen molar-refractivity contribution >= 4 is 21.6 Å². The summed E-state index contributed by atoms with van der Waals surface area (Å²) in [7, 11) is -0.762. The molecule has 0 aliphatic heterocycles. The van der Waals surface area contributed by atoms with Crippen molar-refractivity contribution in [2.75, 3.05) is 20.8 Å². The molecule has 0 spiro atoms. The Morgan fingerprint density at radius 2 is 2.05 bits per heavy atom. The van der Waals surface area contributed by atoms with Crippen molar-refractivity contribution in [1.29, 1.82) is 0 Å². The number of nitrogens with one attached hydrogen (secondary N) is 1. The van der Waals surface area contributed by atoms with Gasteiger partial charge in [-0.25, -0.2) is 13.1 Å². The Bertz CT molecular complexity index is 518. The van der Waals surface area contributed by atoms with Crippen LogP contribution in [0.2, 0.25) is 5.02 Å². The largest absolute Gasteiger partial charge is 0.495 e. The molecule has 1 rings (SSSR count). The molecule has 1 aromatic rings. The van der Waals surface area contributed by atoms with E-state index in [0.29, 0.717) is 18.1 Å². The Morgan fingerprint density at radius 1 is 1.37 bits per heavy atom. The number of benzene rings is 1. The summed E-state index contributed by atoms with van der Waals surface area (Å²) in [5, 5.41) is 0.334. The van der Waals surface area contributed by atoms with Crippen molar-refractivity contribution in [2.45, 2.75) is 24.3 Å². The third kappa shape index (κ3) is 4.35. The SMILES string of the molecule is CCC(COC)NS(=O)(=O)c1cc(Cl)ccc1OC. The Balaban J connectivity index is 3.09. The number of sulfonamides is 1. The minimum Gasteiger partial charge on any atom is -0.495 e. The van der Waals surface area contributed by atoms with E-state index in [1.54, 1.807) is 6.07 Å². The number of ether oxygens (including phenoxy) is 2. The van der Waals surface area contributed by atoms with Crippen LogP contribution in [0.4, 0.5) is 0 Å². The third-order valence-electron chi connectivity index (χ3n) is 2.60. The average molecular weight is 308 g/mol. The second-order valence-electron chi connectivity index (χ2n) is 3.98. The van der Waals surface area contributed by atoms with E-state index >= 15 is 0 Å². The standard InChI is InChI=1S/C12H18ClNO4S/c1-4-10(8-17-2)14-19(15,16)12-7-9(13)5-6-11(12)18-3/h5-7,10,14H,4,8H2,1-3H3. The molecule has 0 radical (unpaired) electrons. The summed E-state index contributed by atoms with van der Waals surface area (Å²) in [6.45, 7) is 2.18. The Labute approximate surface area is 118 Å². The van der Waals surface area contributed by atoms with Crippen LogP contribution in [0.25, 0.3) is 0 Å². The Hall–Kier alpha value is -0.820. The lowest BCUT2D eigenvalue weighted by molar-refractivity contribution is 0.173. The highest BCUT2D eigenvalue weighted by Gasteiger charge is 2.23. The molecule has 0 heterocycles. The Kier molecular flexibility index (Phi) is 6.06. The molecule has 0 aromatic heterocycles. The van der Waals surface area contributed by atoms with Gasteiger partial charge in [-0.2, -0.15) is 0 Å². The molecule has 19 heavy (non-hydrogen) atoms. The molecule has 1 unspecified atom stereocenters. The maximum absolute atomic E-state index is 12.3. The molecule has 1 aromatic carbocycles. The summed E-state index contributed by atoms with van der Waals surface area (Å²) >= 11 is 5.84. The first kappa shape index (κ1) is 16.2. The number of hydrogen-bond acceptors (Lipinski definition) is 4. The van der Waals surface area contributed by atoms with Gasteiger partial charge in [0.15, 0.2) is 0 Å². The molecule has 1 N–H and O–H groups in total. The van der Waals surface area contributed by atoms with Crippen LogP contribution in [-0.2, 0) is 14.8 Å². The van der Waals surface area contributed by atoms with Crippen LogP contribution in [-0.4, -0.2) is 35.3 Å². The molecule has 0 saturated heterocycles. The molecular formula is C12H18ClNO4S. The van der Waals surface area contributed by atoms with Gasteiger partial charge in [-0.15, -0.1) is 0 Å². The summed E-state index contributed by atoms with van der Waals surface area (Å²) < 4.78 is 37.2. The van der Waals surface area contributed by atoms with Gasteiger partial charge in [0.05, 0.1) is 13.7 Å². The minimum atomic E-state index is -3.70. The van der Waals surface area contributed by atoms with E-state index in [1.165, 1.54) is 26.4 Å². The molecule has 0 aliphatic carbocycles. The molecule has 0 fully saturated rings. The van der Waals surface area contributed by atoms with Crippen molar-refractivity contribution in [2.24, 2.45) is 0 Å². The third-order valence-corrected chi connectivity index (χ3v) is 4.37. The van der Waals surface area contributed by atoms with E-state index in [-0.39, 0.29) is 16.7 Å². The lowest BCUT2D eigenvalue weighted by atomic mass is 10.3. The van der Waals surface area contributed by atoms with Crippen LogP contribution in [0, 0.1) is 0 Å². The predicted octanol–water partition coefficient (Wildman–Crippen LogP) is 2.05. The van der Waals surface area contributed by atoms with Crippen LogP contribution in [0.3, 0.4) is 0 Å². The highest BCUT2D eigenvalue weighted by Crippen LogP contribution is 2.27. The van der Waals surface area contributed by atoms with E-state index < -0.39 is 10.0 Å². The van der Waals surface area contributed by atoms with Gasteiger partial charge < -0.3 is 9.47 Å². The minimum absolute atomic E-state index is 0.0250. The average Bonchev–Trinajstić information content (AvgIpc) is 2.38. The smallest absolute Gasteiger partial charge is 0.244 e. The first-order chi connectivity index (χ1) is 8.94. The quantitative estimate of drug-likeness (QED) is 0.837. The molecule has 0 amide bonds. The van der Waals surface area contributed by atoms with Crippen molar-refractivity contribution in [1.82, 2.24) is 4.72 Å². The molecular weight excluding hydrogens is 290 g/mol. The van der Waals surface area contributed by atoms with Crippen LogP contribution < -0.4 is 9.46 Å². The predicted molar refractivity (Wildman–Crippen MR) is 74.3 cm³/mol. The lowest BCUT2D eigenvalue weighted by Gasteiger charge is -2.17. The van der Waals surface area contributed by atoms with E-state index in [0.717, 1.165) is 0 Å². The topological polar surface area (TPSA) is 64.6 Å². The van der Waals surface area contributed by atoms with Crippen molar-refractivity contribution < 1.29 is 17.9 Å². The lowest BCUT2D eigenvalue weighted by Crippen LogP contribution is -2.37. The van der Waals surface area contributed by atoms with E-state index in [1.807, 2.05) is 6.92 Å². The van der Waals surface area contributed by atoms with Gasteiger partial charge in [0, 0.05) is 18.2 Å². The molecule has 1 atom stereocenters. The van der Waals surface area contributed by atoms with E-state index in [2.05, 4.69) is 4.72 Å². The van der Waals surface area contributed by atoms with Crippen LogP contribution in [0.5, 0.6) is 5.75 Å². The molecule has 7 heteroatoms. The fraction of sp³-hybridized carbons (Fsp3) is 0.500. The van der Waals surface area contributed by atoms with Gasteiger partial charge in [0.2, 0.25) is 10.0 Å². The Morgan fingerprint density at radius 3 is 2.58 bits per heavy atom. The number of rotatable bonds is 7. The fourth-order valence-corrected chi connectivity index (χ4v) is 3.32. The van der Waals surface area contributed by atoms with Gasteiger partial charge in [0.1, 0.15) is 10.6 Å². The number of halogens is 1. The molecule has 0 aliphatic rings. The van der Waals surface area contributed by atoms with Crippen molar-refractivity contribution in [3.63, 3.8) is 0 Å². The number of hydrogen-bond donors (Lipinski definition) is 1. The van der Waals surface area contributed by atoms with Crippen molar-refractivity contribution in [3.05, 3.63) is 23.2 Å². The second kappa shape index (κ2) is 7.09. The zero-order valence-electron chi connectivity index (χ0n) is 11.1. The highest BCUT2D eigenvalue weighted by molar-refractivity contribution is 7.89. The van der Waals surface area contributed by atoms with Gasteiger partial charge in [0.25, 0.3) is 0 Å². The van der Waals surface area contributed by atoms with Gasteiger partial charge in [-0.3, -0.25) is 0 Å². The van der Waals surface area contributed by atoms with Crippen molar-refractivity contribution in [3.8, 4) is 5.75 Å². The van der Waals surface area contributed by atoms with E-state index in [9.17, 15) is 8.42 Å². The maximum Gasteiger partial charge on any atom is 0.244 e. The van der Waals surface area contributed by atoms with Gasteiger partial charge in [-0.05, 0) is 24.6 Å². The molecule has 0 bridgehead atoms. The fourth-order valence-electron chi connectivity index (χ4n) is 1.58. The summed E-state index contributed by atoms with van der Waals surface area (Å²) in [5.74, 6) is 0.254. The monoisotopic (exact) mass is 307 g/mol. The van der Waals surface area contributed by atoms with Gasteiger partial charge >= 0.3 is 0 Å². The van der Waals surface area contributed by atoms with Crippen LogP contribution in [0.1, 0.15) is 13.3 Å². The number of methoxy groups -OCH3 is 2. The first-order valence-corrected chi connectivity index (χ1v) is 7.65. The van der Waals surface area contributed by atoms with Crippen LogP contribution >= 0.6 is 11.6 Å². The maximum atomic E-state index is 12.3. The van der Waals surface area contributed by atoms with Gasteiger partial charge in [-0.1, -0.05) is 18.5 Å². The summed E-state index contributed by atoms with van der Waals surface area (Å²) in [6, 6.07) is 4.17. The highest BCUT2D eigenvalue weighted by atomic mass is 35.5. The van der Waals surface area contributed by atoms with E-state index in [4.69, 9.17) is 21.1 Å². The summed E-state index contributed by atoms with van der Waals surface area (Å²) in [5.41, 5.74) is 0. The molecule has 0 saturated carbocycles. The summed E-state index contributed by atoms with van der Waals surface area (Å²) in [6.07, 6.45) is 0.621.